The number of nitrogens with one attached hydrogen (secondary N) is 3. The number of hydrogen-bond acceptors (Lipinski definition) is 5. The highest BCUT2D eigenvalue weighted by molar-refractivity contribution is 6.30. The molecule has 1 heterocycles. The molecule has 0 bridgehead atoms. The zero-order valence-corrected chi connectivity index (χ0v) is 14.6. The number of anilines is 2. The first kappa shape index (κ1) is 19.9. The third-order valence-corrected chi connectivity index (χ3v) is 3.44. The smallest absolute Gasteiger partial charge is 0.355 e. The van der Waals surface area contributed by atoms with E-state index < -0.39 is 11.9 Å². The summed E-state index contributed by atoms with van der Waals surface area (Å²) in [6.07, 6.45) is -3.50. The number of carbonyl (C=O) groups is 1. The molecule has 1 amide bonds. The van der Waals surface area contributed by atoms with Gasteiger partial charge in [0.1, 0.15) is 0 Å². The van der Waals surface area contributed by atoms with Gasteiger partial charge in [0.25, 0.3) is 0 Å². The molecule has 0 aliphatic carbocycles. The van der Waals surface area contributed by atoms with E-state index in [9.17, 15) is 18.0 Å². The minimum absolute atomic E-state index is 0.0775. The molecule has 1 aromatic heterocycles. The van der Waals surface area contributed by atoms with Gasteiger partial charge in [0.05, 0.1) is 0 Å². The van der Waals surface area contributed by atoms with Gasteiger partial charge in [-0.25, -0.2) is 9.97 Å². The van der Waals surface area contributed by atoms with E-state index in [0.29, 0.717) is 23.8 Å². The van der Waals surface area contributed by atoms with E-state index in [-0.39, 0.29) is 24.0 Å². The zero-order valence-electron chi connectivity index (χ0n) is 13.8. The van der Waals surface area contributed by atoms with Gasteiger partial charge in [0, 0.05) is 49.0 Å². The Morgan fingerprint density at radius 2 is 2.04 bits per heavy atom. The van der Waals surface area contributed by atoms with Gasteiger partial charge < -0.3 is 16.0 Å². The van der Waals surface area contributed by atoms with Crippen molar-refractivity contribution >= 4 is 29.1 Å². The van der Waals surface area contributed by atoms with E-state index >= 15 is 0 Å². The van der Waals surface area contributed by atoms with Gasteiger partial charge in [-0.1, -0.05) is 17.7 Å². The number of carbonyl (C=O) groups excluding carboxylic acids is 1. The molecule has 2 rings (SSSR count). The molecule has 0 unspecified atom stereocenters. The lowest BCUT2D eigenvalue weighted by molar-refractivity contribution is -0.141. The minimum atomic E-state index is -4.62. The summed E-state index contributed by atoms with van der Waals surface area (Å²) < 4.78 is 39.9. The van der Waals surface area contributed by atoms with Crippen LogP contribution in [-0.2, 0) is 17.5 Å². The zero-order chi connectivity index (χ0) is 19.2. The van der Waals surface area contributed by atoms with Gasteiger partial charge in [-0.05, 0) is 18.2 Å². The van der Waals surface area contributed by atoms with E-state index in [1.54, 1.807) is 24.3 Å². The average Bonchev–Trinajstić information content (AvgIpc) is 2.54. The van der Waals surface area contributed by atoms with Crippen molar-refractivity contribution in [2.45, 2.75) is 19.6 Å². The van der Waals surface area contributed by atoms with Crippen LogP contribution in [0.5, 0.6) is 0 Å². The van der Waals surface area contributed by atoms with Crippen LogP contribution in [0.2, 0.25) is 5.02 Å². The SMILES string of the molecule is CC(=O)NCCNCc1cnc(Nc2cccc(Cl)c2)nc1C(F)(F)F. The number of hydrogen-bond donors (Lipinski definition) is 3. The van der Waals surface area contributed by atoms with Gasteiger partial charge in [-0.2, -0.15) is 13.2 Å². The molecule has 0 atom stereocenters. The molecule has 0 aliphatic rings. The average molecular weight is 388 g/mol. The summed E-state index contributed by atoms with van der Waals surface area (Å²) in [7, 11) is 0. The van der Waals surface area contributed by atoms with Crippen LogP contribution in [0, 0.1) is 0 Å². The van der Waals surface area contributed by atoms with Gasteiger partial charge in [0.15, 0.2) is 5.69 Å². The molecule has 0 saturated heterocycles. The van der Waals surface area contributed by atoms with Crippen molar-refractivity contribution in [1.29, 1.82) is 0 Å². The molecule has 1 aromatic carbocycles. The van der Waals surface area contributed by atoms with Crippen molar-refractivity contribution < 1.29 is 18.0 Å². The Balaban J connectivity index is 2.10. The largest absolute Gasteiger partial charge is 0.433 e. The Labute approximate surface area is 153 Å². The summed E-state index contributed by atoms with van der Waals surface area (Å²) in [5.41, 5.74) is -0.632. The van der Waals surface area contributed by atoms with E-state index in [4.69, 9.17) is 11.6 Å². The fourth-order valence-electron chi connectivity index (χ4n) is 2.09. The fraction of sp³-hybridized carbons (Fsp3) is 0.312. The van der Waals surface area contributed by atoms with Gasteiger partial charge in [-0.3, -0.25) is 4.79 Å². The Morgan fingerprint density at radius 3 is 2.69 bits per heavy atom. The first-order chi connectivity index (χ1) is 12.3. The van der Waals surface area contributed by atoms with Crippen LogP contribution in [0.3, 0.4) is 0 Å². The third kappa shape index (κ3) is 6.16. The lowest BCUT2D eigenvalue weighted by Gasteiger charge is -2.14. The lowest BCUT2D eigenvalue weighted by Crippen LogP contribution is -2.30. The van der Waals surface area contributed by atoms with Crippen LogP contribution in [0.15, 0.2) is 30.5 Å². The lowest BCUT2D eigenvalue weighted by atomic mass is 10.2. The van der Waals surface area contributed by atoms with Crippen molar-refractivity contribution in [1.82, 2.24) is 20.6 Å². The number of amides is 1. The second kappa shape index (κ2) is 8.81. The van der Waals surface area contributed by atoms with Crippen molar-refractivity contribution in [3.05, 3.63) is 46.7 Å². The maximum Gasteiger partial charge on any atom is 0.433 e. The highest BCUT2D eigenvalue weighted by Crippen LogP contribution is 2.31. The second-order valence-electron chi connectivity index (χ2n) is 5.36. The molecule has 6 nitrogen and oxygen atoms in total. The number of alkyl halides is 3. The highest BCUT2D eigenvalue weighted by atomic mass is 35.5. The quantitative estimate of drug-likeness (QED) is 0.636. The van der Waals surface area contributed by atoms with Crippen LogP contribution in [0.4, 0.5) is 24.8 Å². The molecule has 26 heavy (non-hydrogen) atoms. The molecular formula is C16H17ClF3N5O. The van der Waals surface area contributed by atoms with Crippen molar-refractivity contribution in [2.75, 3.05) is 18.4 Å². The van der Waals surface area contributed by atoms with E-state index in [0.717, 1.165) is 6.20 Å². The molecule has 10 heteroatoms. The summed E-state index contributed by atoms with van der Waals surface area (Å²) in [5, 5.41) is 8.49. The molecule has 0 saturated carbocycles. The first-order valence-electron chi connectivity index (χ1n) is 7.66. The maximum atomic E-state index is 13.3. The fourth-order valence-corrected chi connectivity index (χ4v) is 2.28. The molecular weight excluding hydrogens is 371 g/mol. The number of rotatable bonds is 7. The monoisotopic (exact) mass is 387 g/mol. The van der Waals surface area contributed by atoms with Crippen molar-refractivity contribution in [2.24, 2.45) is 0 Å². The van der Waals surface area contributed by atoms with Gasteiger partial charge >= 0.3 is 6.18 Å². The number of aromatic nitrogens is 2. The van der Waals surface area contributed by atoms with Crippen molar-refractivity contribution in [3.63, 3.8) is 0 Å². The molecule has 0 radical (unpaired) electrons. The van der Waals surface area contributed by atoms with Gasteiger partial charge in [-0.15, -0.1) is 0 Å². The summed E-state index contributed by atoms with van der Waals surface area (Å²) in [5.74, 6) is -0.385. The summed E-state index contributed by atoms with van der Waals surface area (Å²) in [6, 6.07) is 6.49. The maximum absolute atomic E-state index is 13.3. The molecule has 0 fully saturated rings. The topological polar surface area (TPSA) is 78.9 Å². The van der Waals surface area contributed by atoms with Crippen LogP contribution in [0.1, 0.15) is 18.2 Å². The minimum Gasteiger partial charge on any atom is -0.355 e. The van der Waals surface area contributed by atoms with Crippen molar-refractivity contribution in [3.8, 4) is 0 Å². The van der Waals surface area contributed by atoms with E-state index in [1.165, 1.54) is 6.92 Å². The Hall–Kier alpha value is -2.39. The van der Waals surface area contributed by atoms with E-state index in [1.807, 2.05) is 0 Å². The number of benzene rings is 1. The molecule has 0 spiro atoms. The summed E-state index contributed by atoms with van der Waals surface area (Å²) in [4.78, 5) is 18.3. The molecule has 0 aliphatic heterocycles. The molecule has 3 N–H and O–H groups in total. The van der Waals surface area contributed by atoms with Crippen LogP contribution < -0.4 is 16.0 Å². The highest BCUT2D eigenvalue weighted by Gasteiger charge is 2.36. The third-order valence-electron chi connectivity index (χ3n) is 3.20. The number of nitrogens with zero attached hydrogens (tertiary/aromatic N) is 2. The molecule has 140 valence electrons. The normalized spacial score (nSPS) is 11.3. The Kier molecular flexibility index (Phi) is 6.76. The summed E-state index contributed by atoms with van der Waals surface area (Å²) in [6.45, 7) is 1.92. The second-order valence-corrected chi connectivity index (χ2v) is 5.80. The van der Waals surface area contributed by atoms with Crippen LogP contribution in [-0.4, -0.2) is 29.0 Å². The van der Waals surface area contributed by atoms with Crippen LogP contribution >= 0.6 is 11.6 Å². The van der Waals surface area contributed by atoms with Crippen LogP contribution in [0.25, 0.3) is 0 Å². The Morgan fingerprint density at radius 1 is 1.27 bits per heavy atom. The first-order valence-corrected chi connectivity index (χ1v) is 8.04. The molecule has 2 aromatic rings. The number of halogens is 4. The Bertz CT molecular complexity index is 770. The van der Waals surface area contributed by atoms with E-state index in [2.05, 4.69) is 25.9 Å². The standard InChI is InChI=1S/C16H17ClF3N5O/c1-10(26)22-6-5-21-8-11-9-23-15(25-14(11)16(18,19)20)24-13-4-2-3-12(17)7-13/h2-4,7,9,21H,5-6,8H2,1H3,(H,22,26)(H,23,24,25). The van der Waals surface area contributed by atoms with Gasteiger partial charge in [0.2, 0.25) is 11.9 Å². The predicted molar refractivity (Wildman–Crippen MR) is 92.2 cm³/mol. The summed E-state index contributed by atoms with van der Waals surface area (Å²) >= 11 is 5.85. The predicted octanol–water partition coefficient (Wildman–Crippen LogP) is 3.12.